The minimum Gasteiger partial charge on any atom is -0.0622 e. The molecule has 0 saturated heterocycles. The van der Waals surface area contributed by atoms with Gasteiger partial charge in [-0.1, -0.05) is 138 Å². The Bertz CT molecular complexity index is 784. The molecule has 0 heteroatoms. The Morgan fingerprint density at radius 2 is 0.829 bits per heavy atom. The second-order valence-corrected chi connectivity index (χ2v) is 12.7. The van der Waals surface area contributed by atoms with Crippen molar-refractivity contribution in [3.63, 3.8) is 0 Å². The van der Waals surface area contributed by atoms with Gasteiger partial charge in [0.1, 0.15) is 0 Å². The van der Waals surface area contributed by atoms with Crippen LogP contribution in [0, 0.1) is 11.8 Å². The van der Waals surface area contributed by atoms with Gasteiger partial charge in [-0.05, 0) is 78.7 Å². The average molecular weight is 471 g/mol. The maximum atomic E-state index is 2.36. The Labute approximate surface area is 216 Å². The molecule has 3 saturated carbocycles. The molecule has 0 amide bonds. The molecule has 0 aliphatic heterocycles. The number of hydrogen-bond donors (Lipinski definition) is 0. The van der Waals surface area contributed by atoms with E-state index in [9.17, 15) is 0 Å². The number of rotatable bonds is 18. The molecular weight excluding hydrogens is 420 g/mol. The molecule has 3 aliphatic rings. The van der Waals surface area contributed by atoms with E-state index >= 15 is 0 Å². The first-order chi connectivity index (χ1) is 17.3. The van der Waals surface area contributed by atoms with Gasteiger partial charge in [0.2, 0.25) is 0 Å². The van der Waals surface area contributed by atoms with Crippen molar-refractivity contribution < 1.29 is 0 Å². The van der Waals surface area contributed by atoms with E-state index < -0.39 is 0 Å². The van der Waals surface area contributed by atoms with Crippen molar-refractivity contribution in [3.05, 3.63) is 71.8 Å². The lowest BCUT2D eigenvalue weighted by molar-refractivity contribution is 0.495. The molecule has 35 heavy (non-hydrogen) atoms. The Morgan fingerprint density at radius 3 is 1.23 bits per heavy atom. The highest BCUT2D eigenvalue weighted by molar-refractivity contribution is 5.31. The fourth-order valence-corrected chi connectivity index (χ4v) is 7.07. The maximum absolute atomic E-state index is 2.36. The zero-order valence-electron chi connectivity index (χ0n) is 22.4. The number of unbranched alkanes of at least 4 members (excludes halogenated alkanes) is 8. The van der Waals surface area contributed by atoms with Crippen molar-refractivity contribution in [1.29, 1.82) is 0 Å². The molecule has 0 aromatic heterocycles. The van der Waals surface area contributed by atoms with Crippen LogP contribution in [0.15, 0.2) is 60.7 Å². The van der Waals surface area contributed by atoms with E-state index in [1.54, 1.807) is 17.5 Å². The summed E-state index contributed by atoms with van der Waals surface area (Å²) >= 11 is 0. The average Bonchev–Trinajstić information content (AvgIpc) is 3.79. The summed E-state index contributed by atoms with van der Waals surface area (Å²) in [6.45, 7) is 0. The van der Waals surface area contributed by atoms with Crippen molar-refractivity contribution in [1.82, 2.24) is 0 Å². The molecule has 0 heterocycles. The molecule has 3 aliphatic carbocycles. The van der Waals surface area contributed by atoms with Crippen molar-refractivity contribution in [2.75, 3.05) is 0 Å². The normalized spacial score (nSPS) is 23.2. The van der Waals surface area contributed by atoms with Crippen LogP contribution in [-0.2, 0) is 10.8 Å². The Morgan fingerprint density at radius 1 is 0.457 bits per heavy atom. The first-order valence-electron chi connectivity index (χ1n) is 15.4. The minimum absolute atomic E-state index is 0.573. The summed E-state index contributed by atoms with van der Waals surface area (Å²) in [6.07, 6.45) is 27.8. The van der Waals surface area contributed by atoms with Crippen LogP contribution in [-0.4, -0.2) is 0 Å². The highest BCUT2D eigenvalue weighted by Crippen LogP contribution is 2.53. The largest absolute Gasteiger partial charge is 0.0622 e. The van der Waals surface area contributed by atoms with Crippen molar-refractivity contribution in [3.8, 4) is 0 Å². The zero-order chi connectivity index (χ0) is 23.8. The van der Waals surface area contributed by atoms with Crippen LogP contribution in [0.5, 0.6) is 0 Å². The van der Waals surface area contributed by atoms with Gasteiger partial charge < -0.3 is 0 Å². The van der Waals surface area contributed by atoms with E-state index in [2.05, 4.69) is 60.7 Å². The first kappa shape index (κ1) is 25.1. The third-order valence-electron chi connectivity index (χ3n) is 10.0. The lowest BCUT2D eigenvalue weighted by atomic mass is 9.90. The second kappa shape index (κ2) is 12.1. The van der Waals surface area contributed by atoms with Gasteiger partial charge in [-0.15, -0.1) is 0 Å². The van der Waals surface area contributed by atoms with E-state index in [4.69, 9.17) is 0 Å². The molecular formula is C35H50. The van der Waals surface area contributed by atoms with Crippen LogP contribution in [0.1, 0.15) is 133 Å². The van der Waals surface area contributed by atoms with Gasteiger partial charge in [0, 0.05) is 0 Å². The van der Waals surface area contributed by atoms with Crippen molar-refractivity contribution >= 4 is 0 Å². The smallest absolute Gasteiger partial charge is 0.00463 e. The zero-order valence-corrected chi connectivity index (χ0v) is 22.4. The molecule has 0 N–H and O–H groups in total. The molecule has 2 aromatic rings. The molecule has 2 atom stereocenters. The lowest BCUT2D eigenvalue weighted by Crippen LogP contribution is -2.05. The van der Waals surface area contributed by atoms with E-state index in [-0.39, 0.29) is 0 Å². The summed E-state index contributed by atoms with van der Waals surface area (Å²) in [4.78, 5) is 0. The van der Waals surface area contributed by atoms with Crippen molar-refractivity contribution in [2.45, 2.75) is 133 Å². The van der Waals surface area contributed by atoms with E-state index in [1.807, 2.05) is 0 Å². The summed E-state index contributed by atoms with van der Waals surface area (Å²) in [7, 11) is 0. The molecule has 0 nitrogen and oxygen atoms in total. The van der Waals surface area contributed by atoms with Gasteiger partial charge in [-0.25, -0.2) is 0 Å². The lowest BCUT2D eigenvalue weighted by Gasteiger charge is -2.15. The molecule has 2 unspecified atom stereocenters. The summed E-state index contributed by atoms with van der Waals surface area (Å²) in [5, 5.41) is 0. The molecule has 0 bridgehead atoms. The molecule has 3 fully saturated rings. The van der Waals surface area contributed by atoms with Gasteiger partial charge in [0.25, 0.3) is 0 Å². The highest BCUT2D eigenvalue weighted by Gasteiger charge is 2.43. The van der Waals surface area contributed by atoms with Gasteiger partial charge in [0.15, 0.2) is 0 Å². The summed E-state index contributed by atoms with van der Waals surface area (Å²) in [6, 6.07) is 22.6. The molecule has 0 radical (unpaired) electrons. The standard InChI is InChI=1S/C35H50/c1(5-15-23-34(25-26-34)32-19-11-7-12-20-32)3-9-17-30-29-31(30)18-10-4-2-6-16-24-35(27-28-35)33-21-13-8-14-22-33/h7-8,11-14,19-22,30-31H,1-6,9-10,15-18,23-29H2. The van der Waals surface area contributed by atoms with E-state index in [0.29, 0.717) is 10.8 Å². The quantitative estimate of drug-likeness (QED) is 0.190. The van der Waals surface area contributed by atoms with Crippen LogP contribution in [0.25, 0.3) is 0 Å². The molecule has 0 spiro atoms. The molecule has 190 valence electrons. The van der Waals surface area contributed by atoms with Crippen LogP contribution in [0.4, 0.5) is 0 Å². The van der Waals surface area contributed by atoms with E-state index in [1.165, 1.54) is 116 Å². The van der Waals surface area contributed by atoms with Gasteiger partial charge in [-0.3, -0.25) is 0 Å². The molecule has 5 rings (SSSR count). The maximum Gasteiger partial charge on any atom is -0.00463 e. The monoisotopic (exact) mass is 470 g/mol. The third kappa shape index (κ3) is 7.24. The summed E-state index contributed by atoms with van der Waals surface area (Å²) in [5.74, 6) is 2.20. The minimum atomic E-state index is 0.573. The van der Waals surface area contributed by atoms with Crippen LogP contribution in [0.2, 0.25) is 0 Å². The number of benzene rings is 2. The van der Waals surface area contributed by atoms with Gasteiger partial charge in [-0.2, -0.15) is 0 Å². The summed E-state index contributed by atoms with van der Waals surface area (Å²) < 4.78 is 0. The fraction of sp³-hybridized carbons (Fsp3) is 0.657. The van der Waals surface area contributed by atoms with Gasteiger partial charge >= 0.3 is 0 Å². The third-order valence-corrected chi connectivity index (χ3v) is 10.0. The number of hydrogen-bond acceptors (Lipinski definition) is 0. The predicted molar refractivity (Wildman–Crippen MR) is 151 cm³/mol. The van der Waals surface area contributed by atoms with Crippen LogP contribution < -0.4 is 0 Å². The molecule has 2 aromatic carbocycles. The highest BCUT2D eigenvalue weighted by atomic mass is 14.5. The topological polar surface area (TPSA) is 0 Å². The van der Waals surface area contributed by atoms with E-state index in [0.717, 1.165) is 11.8 Å². The van der Waals surface area contributed by atoms with Gasteiger partial charge in [0.05, 0.1) is 0 Å². The SMILES string of the molecule is c1ccc(C2(CCCCCCCC3CC3CCCCCCCC3(c4ccccc4)CC3)CC2)cc1. The fourth-order valence-electron chi connectivity index (χ4n) is 7.07. The predicted octanol–water partition coefficient (Wildman–Crippen LogP) is 10.5. The Kier molecular flexibility index (Phi) is 8.69. The summed E-state index contributed by atoms with van der Waals surface area (Å²) in [5.41, 5.74) is 4.36. The van der Waals surface area contributed by atoms with Crippen molar-refractivity contribution in [2.24, 2.45) is 11.8 Å². The Balaban J connectivity index is 0.816. The van der Waals surface area contributed by atoms with Crippen LogP contribution in [0.3, 0.4) is 0 Å². The first-order valence-corrected chi connectivity index (χ1v) is 15.4. The Hall–Kier alpha value is -1.56. The second-order valence-electron chi connectivity index (χ2n) is 12.7. The van der Waals surface area contributed by atoms with Crippen LogP contribution >= 0.6 is 0 Å².